The summed E-state index contributed by atoms with van der Waals surface area (Å²) in [7, 11) is 0. The molecule has 0 saturated carbocycles. The molecule has 22 heavy (non-hydrogen) atoms. The van der Waals surface area contributed by atoms with E-state index in [9.17, 15) is 9.59 Å². The Morgan fingerprint density at radius 2 is 1.91 bits per heavy atom. The molecule has 0 spiro atoms. The van der Waals surface area contributed by atoms with E-state index < -0.39 is 5.97 Å². The summed E-state index contributed by atoms with van der Waals surface area (Å²) in [6.45, 7) is 7.49. The van der Waals surface area contributed by atoms with Crippen molar-refractivity contribution in [1.82, 2.24) is 4.90 Å². The highest BCUT2D eigenvalue weighted by molar-refractivity contribution is 6.04. The summed E-state index contributed by atoms with van der Waals surface area (Å²) >= 11 is 0. The number of ketones is 1. The molecule has 0 atom stereocenters. The van der Waals surface area contributed by atoms with Crippen LogP contribution in [0.5, 0.6) is 0 Å². The second-order valence-electron chi connectivity index (χ2n) is 6.77. The Hall–Kier alpha value is -2.10. The average Bonchev–Trinajstić information content (AvgIpc) is 2.71. The van der Waals surface area contributed by atoms with Gasteiger partial charge < -0.3 is 10.0 Å². The fraction of sp³-hybridized carbons (Fsp3) is 0.444. The summed E-state index contributed by atoms with van der Waals surface area (Å²) in [5.41, 5.74) is 2.80. The highest BCUT2D eigenvalue weighted by atomic mass is 16.4. The Kier molecular flexibility index (Phi) is 4.69. The molecule has 0 bridgehead atoms. The smallest absolute Gasteiger partial charge is 0.305 e. The number of carboxylic acids is 1. The minimum Gasteiger partial charge on any atom is -0.481 e. The molecule has 1 aliphatic rings. The zero-order chi connectivity index (χ0) is 16.3. The SMILES string of the molecule is Cc1ccc(C(=O)/C=C2\CC(C)(C)CN2CCC(=O)O)cc1. The summed E-state index contributed by atoms with van der Waals surface area (Å²) in [6, 6.07) is 7.51. The van der Waals surface area contributed by atoms with Crippen molar-refractivity contribution in [1.29, 1.82) is 0 Å². The van der Waals surface area contributed by atoms with Gasteiger partial charge in [0.2, 0.25) is 0 Å². The molecule has 1 heterocycles. The minimum atomic E-state index is -0.811. The number of likely N-dealkylation sites (tertiary alicyclic amines) is 1. The van der Waals surface area contributed by atoms with E-state index in [0.717, 1.165) is 24.2 Å². The molecule has 0 radical (unpaired) electrons. The highest BCUT2D eigenvalue weighted by Gasteiger charge is 2.33. The summed E-state index contributed by atoms with van der Waals surface area (Å²) in [5.74, 6) is -0.832. The number of aryl methyl sites for hydroxylation is 1. The molecule has 1 saturated heterocycles. The molecule has 4 nitrogen and oxygen atoms in total. The number of hydrogen-bond acceptors (Lipinski definition) is 3. The van der Waals surface area contributed by atoms with Crippen LogP contribution >= 0.6 is 0 Å². The second-order valence-corrected chi connectivity index (χ2v) is 6.77. The van der Waals surface area contributed by atoms with E-state index in [1.165, 1.54) is 0 Å². The lowest BCUT2D eigenvalue weighted by Crippen LogP contribution is -2.25. The minimum absolute atomic E-state index is 0.0203. The molecule has 0 amide bonds. The standard InChI is InChI=1S/C18H23NO3/c1-13-4-6-14(7-5-13)16(20)10-15-11-18(2,3)12-19(15)9-8-17(21)22/h4-7,10H,8-9,11-12H2,1-3H3,(H,21,22)/b15-10+. The van der Waals surface area contributed by atoms with E-state index >= 15 is 0 Å². The predicted octanol–water partition coefficient (Wildman–Crippen LogP) is 3.27. The largest absolute Gasteiger partial charge is 0.481 e. The number of aliphatic carboxylic acids is 1. The van der Waals surface area contributed by atoms with E-state index in [-0.39, 0.29) is 17.6 Å². The van der Waals surface area contributed by atoms with Crippen LogP contribution in [0, 0.1) is 12.3 Å². The van der Waals surface area contributed by atoms with Gasteiger partial charge in [0.05, 0.1) is 6.42 Å². The van der Waals surface area contributed by atoms with Gasteiger partial charge in [-0.15, -0.1) is 0 Å². The maximum Gasteiger partial charge on any atom is 0.305 e. The lowest BCUT2D eigenvalue weighted by Gasteiger charge is -2.21. The molecule has 0 unspecified atom stereocenters. The topological polar surface area (TPSA) is 57.6 Å². The summed E-state index contributed by atoms with van der Waals surface area (Å²) in [6.07, 6.45) is 2.55. The molecule has 0 aromatic heterocycles. The van der Waals surface area contributed by atoms with Crippen molar-refractivity contribution in [3.8, 4) is 0 Å². The molecule has 1 N–H and O–H groups in total. The Balaban J connectivity index is 2.17. The summed E-state index contributed by atoms with van der Waals surface area (Å²) < 4.78 is 0. The van der Waals surface area contributed by atoms with Crippen molar-refractivity contribution in [2.24, 2.45) is 5.41 Å². The Morgan fingerprint density at radius 3 is 2.50 bits per heavy atom. The third kappa shape index (κ3) is 4.20. The summed E-state index contributed by atoms with van der Waals surface area (Å²) in [4.78, 5) is 25.2. The van der Waals surface area contributed by atoms with Crippen LogP contribution in [0.3, 0.4) is 0 Å². The van der Waals surface area contributed by atoms with E-state index in [1.54, 1.807) is 6.08 Å². The van der Waals surface area contributed by atoms with E-state index in [2.05, 4.69) is 13.8 Å². The monoisotopic (exact) mass is 301 g/mol. The van der Waals surface area contributed by atoms with Gasteiger partial charge in [0.15, 0.2) is 5.78 Å². The van der Waals surface area contributed by atoms with Crippen molar-refractivity contribution in [2.45, 2.75) is 33.6 Å². The molecule has 2 rings (SSSR count). The number of nitrogens with zero attached hydrogens (tertiary/aromatic N) is 1. The van der Waals surface area contributed by atoms with Gasteiger partial charge in [-0.2, -0.15) is 0 Å². The fourth-order valence-corrected chi connectivity index (χ4v) is 2.82. The van der Waals surface area contributed by atoms with Crippen LogP contribution in [0.25, 0.3) is 0 Å². The highest BCUT2D eigenvalue weighted by Crippen LogP contribution is 2.36. The van der Waals surface area contributed by atoms with E-state index in [4.69, 9.17) is 5.11 Å². The van der Waals surface area contributed by atoms with Crippen LogP contribution in [-0.4, -0.2) is 34.8 Å². The maximum absolute atomic E-state index is 12.4. The summed E-state index contributed by atoms with van der Waals surface area (Å²) in [5, 5.41) is 8.86. The van der Waals surface area contributed by atoms with E-state index in [1.807, 2.05) is 36.1 Å². The first-order chi connectivity index (χ1) is 10.3. The quantitative estimate of drug-likeness (QED) is 0.670. The number of allylic oxidation sites excluding steroid dienone is 2. The molecule has 1 aromatic rings. The first kappa shape index (κ1) is 16.3. The number of carbonyl (C=O) groups excluding carboxylic acids is 1. The first-order valence-corrected chi connectivity index (χ1v) is 7.55. The van der Waals surface area contributed by atoms with Crippen LogP contribution < -0.4 is 0 Å². The Morgan fingerprint density at radius 1 is 1.27 bits per heavy atom. The lowest BCUT2D eigenvalue weighted by atomic mass is 9.92. The third-order valence-corrected chi connectivity index (χ3v) is 3.91. The van der Waals surface area contributed by atoms with Gasteiger partial charge in [0.25, 0.3) is 0 Å². The normalized spacial score (nSPS) is 18.7. The molecular formula is C18H23NO3. The Bertz CT molecular complexity index is 599. The molecule has 1 aliphatic heterocycles. The van der Waals surface area contributed by atoms with E-state index in [0.29, 0.717) is 12.1 Å². The molecule has 0 aliphatic carbocycles. The number of carboxylic acid groups (broad SMARTS) is 1. The number of benzene rings is 1. The van der Waals surface area contributed by atoms with Gasteiger partial charge in [0.1, 0.15) is 0 Å². The van der Waals surface area contributed by atoms with Crippen LogP contribution in [-0.2, 0) is 4.79 Å². The second kappa shape index (κ2) is 6.34. The first-order valence-electron chi connectivity index (χ1n) is 7.55. The van der Waals surface area contributed by atoms with Gasteiger partial charge >= 0.3 is 5.97 Å². The van der Waals surface area contributed by atoms with Crippen molar-refractivity contribution in [3.63, 3.8) is 0 Å². The zero-order valence-corrected chi connectivity index (χ0v) is 13.4. The molecule has 1 fully saturated rings. The average molecular weight is 301 g/mol. The predicted molar refractivity (Wildman–Crippen MR) is 85.8 cm³/mol. The number of carbonyl (C=O) groups is 2. The number of hydrogen-bond donors (Lipinski definition) is 1. The van der Waals surface area contributed by atoms with Crippen molar-refractivity contribution >= 4 is 11.8 Å². The Labute approximate surface area is 131 Å². The van der Waals surface area contributed by atoms with Gasteiger partial charge in [-0.3, -0.25) is 9.59 Å². The van der Waals surface area contributed by atoms with Crippen molar-refractivity contribution in [2.75, 3.05) is 13.1 Å². The third-order valence-electron chi connectivity index (χ3n) is 3.91. The molecule has 1 aromatic carbocycles. The van der Waals surface area contributed by atoms with Crippen LogP contribution in [0.1, 0.15) is 42.6 Å². The lowest BCUT2D eigenvalue weighted by molar-refractivity contribution is -0.137. The van der Waals surface area contributed by atoms with Crippen molar-refractivity contribution < 1.29 is 14.7 Å². The van der Waals surface area contributed by atoms with Gasteiger partial charge in [-0.1, -0.05) is 43.7 Å². The van der Waals surface area contributed by atoms with Crippen LogP contribution in [0.2, 0.25) is 0 Å². The van der Waals surface area contributed by atoms with Gasteiger partial charge in [-0.25, -0.2) is 0 Å². The van der Waals surface area contributed by atoms with Crippen molar-refractivity contribution in [3.05, 3.63) is 47.2 Å². The van der Waals surface area contributed by atoms with Crippen LogP contribution in [0.15, 0.2) is 36.0 Å². The maximum atomic E-state index is 12.4. The van der Waals surface area contributed by atoms with Crippen LogP contribution in [0.4, 0.5) is 0 Å². The number of rotatable bonds is 5. The fourth-order valence-electron chi connectivity index (χ4n) is 2.82. The molecular weight excluding hydrogens is 278 g/mol. The van der Waals surface area contributed by atoms with Gasteiger partial charge in [0, 0.05) is 30.4 Å². The molecule has 118 valence electrons. The zero-order valence-electron chi connectivity index (χ0n) is 13.4. The van der Waals surface area contributed by atoms with Gasteiger partial charge in [-0.05, 0) is 18.8 Å². The molecule has 4 heteroatoms.